The van der Waals surface area contributed by atoms with Gasteiger partial charge in [-0.1, -0.05) is 42.5 Å². The Hall–Kier alpha value is -2.14. The lowest BCUT2D eigenvalue weighted by Crippen LogP contribution is -2.52. The summed E-state index contributed by atoms with van der Waals surface area (Å²) in [7, 11) is 0. The third-order valence-corrected chi connectivity index (χ3v) is 6.27. The molecule has 2 fully saturated rings. The van der Waals surface area contributed by atoms with Crippen LogP contribution in [-0.4, -0.2) is 59.5 Å². The number of benzene rings is 1. The van der Waals surface area contributed by atoms with E-state index in [1.807, 2.05) is 17.0 Å². The van der Waals surface area contributed by atoms with Gasteiger partial charge in [0.25, 0.3) is 0 Å². The van der Waals surface area contributed by atoms with Gasteiger partial charge in [0.1, 0.15) is 0 Å². The molecule has 4 unspecified atom stereocenters. The molecule has 0 aromatic heterocycles. The van der Waals surface area contributed by atoms with Gasteiger partial charge in [-0.25, -0.2) is 0 Å². The van der Waals surface area contributed by atoms with E-state index in [9.17, 15) is 14.7 Å². The van der Waals surface area contributed by atoms with Gasteiger partial charge in [0.15, 0.2) is 0 Å². The first kappa shape index (κ1) is 17.3. The number of carbonyl (C=O) groups is 2. The number of hydrogen-bond acceptors (Lipinski definition) is 3. The van der Waals surface area contributed by atoms with Crippen molar-refractivity contribution in [2.24, 2.45) is 23.7 Å². The van der Waals surface area contributed by atoms with Crippen molar-refractivity contribution in [1.82, 2.24) is 9.80 Å². The maximum atomic E-state index is 13.0. The van der Waals surface area contributed by atoms with Crippen LogP contribution in [0.4, 0.5) is 0 Å². The molecule has 0 spiro atoms. The molecule has 1 saturated heterocycles. The summed E-state index contributed by atoms with van der Waals surface area (Å²) in [6.45, 7) is 4.15. The fourth-order valence-corrected chi connectivity index (χ4v) is 4.83. The lowest BCUT2D eigenvalue weighted by atomic mass is 9.82. The number of nitrogens with zero attached hydrogens (tertiary/aromatic N) is 2. The highest BCUT2D eigenvalue weighted by Gasteiger charge is 2.52. The van der Waals surface area contributed by atoms with Gasteiger partial charge in [0, 0.05) is 32.7 Å². The molecule has 1 amide bonds. The Kier molecular flexibility index (Phi) is 4.81. The third kappa shape index (κ3) is 3.28. The van der Waals surface area contributed by atoms with Crippen molar-refractivity contribution >= 4 is 11.9 Å². The van der Waals surface area contributed by atoms with E-state index in [0.717, 1.165) is 32.5 Å². The third-order valence-electron chi connectivity index (χ3n) is 6.27. The van der Waals surface area contributed by atoms with Crippen LogP contribution in [0.3, 0.4) is 0 Å². The van der Waals surface area contributed by atoms with Crippen molar-refractivity contribution in [3.05, 3.63) is 48.0 Å². The zero-order chi connectivity index (χ0) is 18.1. The normalized spacial score (nSPS) is 30.7. The van der Waals surface area contributed by atoms with E-state index in [1.165, 1.54) is 5.56 Å². The Morgan fingerprint density at radius 3 is 2.27 bits per heavy atom. The van der Waals surface area contributed by atoms with Crippen LogP contribution in [0.1, 0.15) is 12.0 Å². The number of piperazine rings is 1. The minimum Gasteiger partial charge on any atom is -0.481 e. The summed E-state index contributed by atoms with van der Waals surface area (Å²) in [5.41, 5.74) is 1.34. The maximum Gasteiger partial charge on any atom is 0.307 e. The number of rotatable bonds is 5. The molecule has 2 bridgehead atoms. The van der Waals surface area contributed by atoms with E-state index < -0.39 is 11.9 Å². The van der Waals surface area contributed by atoms with Gasteiger partial charge in [0.05, 0.1) is 11.8 Å². The molecule has 2 aliphatic carbocycles. The molecule has 26 heavy (non-hydrogen) atoms. The fraction of sp³-hybridized carbons (Fsp3) is 0.524. The Balaban J connectivity index is 1.31. The van der Waals surface area contributed by atoms with Gasteiger partial charge < -0.3 is 10.0 Å². The van der Waals surface area contributed by atoms with Gasteiger partial charge >= 0.3 is 5.97 Å². The highest BCUT2D eigenvalue weighted by Crippen LogP contribution is 2.48. The number of carboxylic acid groups (broad SMARTS) is 1. The second-order valence-electron chi connectivity index (χ2n) is 7.74. The quantitative estimate of drug-likeness (QED) is 0.821. The largest absolute Gasteiger partial charge is 0.481 e. The van der Waals surface area contributed by atoms with Crippen molar-refractivity contribution in [1.29, 1.82) is 0 Å². The van der Waals surface area contributed by atoms with E-state index in [1.54, 1.807) is 0 Å². The first-order chi connectivity index (χ1) is 12.6. The Morgan fingerprint density at radius 2 is 1.62 bits per heavy atom. The second-order valence-corrected chi connectivity index (χ2v) is 7.74. The molecule has 5 heteroatoms. The van der Waals surface area contributed by atoms with Gasteiger partial charge in [-0.3, -0.25) is 14.5 Å². The lowest BCUT2D eigenvalue weighted by molar-refractivity contribution is -0.151. The molecule has 4 atom stereocenters. The maximum absolute atomic E-state index is 13.0. The number of aliphatic carboxylic acids is 1. The zero-order valence-corrected chi connectivity index (χ0v) is 15.0. The Morgan fingerprint density at radius 1 is 0.962 bits per heavy atom. The van der Waals surface area contributed by atoms with E-state index in [2.05, 4.69) is 35.2 Å². The van der Waals surface area contributed by atoms with E-state index in [-0.39, 0.29) is 23.7 Å². The fourth-order valence-electron chi connectivity index (χ4n) is 4.83. The summed E-state index contributed by atoms with van der Waals surface area (Å²) in [4.78, 5) is 28.9. The number of carboxylic acids is 1. The van der Waals surface area contributed by atoms with Crippen LogP contribution in [0.5, 0.6) is 0 Å². The Labute approximate surface area is 154 Å². The molecule has 1 aliphatic heterocycles. The first-order valence-electron chi connectivity index (χ1n) is 9.59. The molecule has 1 saturated carbocycles. The van der Waals surface area contributed by atoms with Crippen molar-refractivity contribution in [2.75, 3.05) is 32.7 Å². The molecular formula is C21H26N2O3. The van der Waals surface area contributed by atoms with Crippen LogP contribution >= 0.6 is 0 Å². The van der Waals surface area contributed by atoms with E-state index in [4.69, 9.17) is 0 Å². The van der Waals surface area contributed by atoms with E-state index in [0.29, 0.717) is 13.1 Å². The smallest absolute Gasteiger partial charge is 0.307 e. The molecule has 0 radical (unpaired) electrons. The summed E-state index contributed by atoms with van der Waals surface area (Å²) < 4.78 is 0. The number of hydrogen-bond donors (Lipinski definition) is 1. The molecule has 3 aliphatic rings. The van der Waals surface area contributed by atoms with Gasteiger partial charge in [-0.05, 0) is 30.2 Å². The molecule has 4 rings (SSSR count). The predicted molar refractivity (Wildman–Crippen MR) is 98.5 cm³/mol. The summed E-state index contributed by atoms with van der Waals surface area (Å²) in [6, 6.07) is 10.5. The van der Waals surface area contributed by atoms with Crippen molar-refractivity contribution in [3.63, 3.8) is 0 Å². The standard InChI is InChI=1S/C21H26N2O3/c24-20(18-16-6-7-17(14-16)19(18)21(25)26)23-12-10-22(11-13-23)9-8-15-4-2-1-3-5-15/h1-7,16-19H,8-14H2,(H,25,26). The van der Waals surface area contributed by atoms with Crippen LogP contribution in [0.2, 0.25) is 0 Å². The second kappa shape index (κ2) is 7.23. The molecule has 1 N–H and O–H groups in total. The summed E-state index contributed by atoms with van der Waals surface area (Å²) in [5, 5.41) is 9.56. The molecule has 1 aromatic carbocycles. The molecule has 1 heterocycles. The average molecular weight is 354 g/mol. The minimum atomic E-state index is -0.818. The number of carbonyl (C=O) groups excluding carboxylic acids is 1. The lowest BCUT2D eigenvalue weighted by Gasteiger charge is -2.37. The van der Waals surface area contributed by atoms with Crippen molar-refractivity contribution in [3.8, 4) is 0 Å². The SMILES string of the molecule is O=C(O)C1C2C=CC(C2)C1C(=O)N1CCN(CCc2ccccc2)CC1. The minimum absolute atomic E-state index is 0.0404. The van der Waals surface area contributed by atoms with Crippen LogP contribution < -0.4 is 0 Å². The number of allylic oxidation sites excluding steroid dienone is 2. The average Bonchev–Trinajstić information content (AvgIpc) is 3.28. The summed E-state index contributed by atoms with van der Waals surface area (Å²) in [5.74, 6) is -1.51. The van der Waals surface area contributed by atoms with Crippen LogP contribution in [-0.2, 0) is 16.0 Å². The first-order valence-corrected chi connectivity index (χ1v) is 9.59. The molecule has 5 nitrogen and oxygen atoms in total. The molecule has 138 valence electrons. The summed E-state index contributed by atoms with van der Waals surface area (Å²) in [6.07, 6.45) is 5.90. The van der Waals surface area contributed by atoms with E-state index >= 15 is 0 Å². The number of amides is 1. The Bertz CT molecular complexity index is 694. The molecule has 1 aromatic rings. The zero-order valence-electron chi connectivity index (χ0n) is 15.0. The van der Waals surface area contributed by atoms with Gasteiger partial charge in [0.2, 0.25) is 5.91 Å². The highest BCUT2D eigenvalue weighted by atomic mass is 16.4. The van der Waals surface area contributed by atoms with Crippen LogP contribution in [0, 0.1) is 23.7 Å². The number of fused-ring (bicyclic) bond motifs is 2. The monoisotopic (exact) mass is 354 g/mol. The topological polar surface area (TPSA) is 60.9 Å². The highest BCUT2D eigenvalue weighted by molar-refractivity contribution is 5.87. The molecular weight excluding hydrogens is 328 g/mol. The van der Waals surface area contributed by atoms with Gasteiger partial charge in [-0.15, -0.1) is 0 Å². The van der Waals surface area contributed by atoms with Gasteiger partial charge in [-0.2, -0.15) is 0 Å². The van der Waals surface area contributed by atoms with Crippen molar-refractivity contribution < 1.29 is 14.7 Å². The van der Waals surface area contributed by atoms with Crippen molar-refractivity contribution in [2.45, 2.75) is 12.8 Å². The summed E-state index contributed by atoms with van der Waals surface area (Å²) >= 11 is 0. The predicted octanol–water partition coefficient (Wildman–Crippen LogP) is 1.90. The van der Waals surface area contributed by atoms with Crippen LogP contribution in [0.25, 0.3) is 0 Å². The van der Waals surface area contributed by atoms with Crippen LogP contribution in [0.15, 0.2) is 42.5 Å².